The Morgan fingerprint density at radius 1 is 1.10 bits per heavy atom. The van der Waals surface area contributed by atoms with Gasteiger partial charge in [-0.25, -0.2) is 9.83 Å². The number of methoxy groups -OCH3 is 1. The van der Waals surface area contributed by atoms with Gasteiger partial charge in [0.15, 0.2) is 5.69 Å². The van der Waals surface area contributed by atoms with Crippen molar-refractivity contribution in [2.45, 2.75) is 6.42 Å². The van der Waals surface area contributed by atoms with Crippen LogP contribution in [0.2, 0.25) is 0 Å². The van der Waals surface area contributed by atoms with Crippen molar-refractivity contribution >= 4 is 16.6 Å². The third-order valence-corrected chi connectivity index (χ3v) is 3.40. The smallest absolute Gasteiger partial charge is 0.217 e. The zero-order valence-electron chi connectivity index (χ0n) is 11.7. The van der Waals surface area contributed by atoms with E-state index in [-0.39, 0.29) is 0 Å². The molecule has 0 saturated carbocycles. The van der Waals surface area contributed by atoms with E-state index in [1.807, 2.05) is 30.3 Å². The first-order valence-corrected chi connectivity index (χ1v) is 6.69. The number of nitrogens with zero attached hydrogens (tertiary/aromatic N) is 2. The van der Waals surface area contributed by atoms with Crippen LogP contribution < -0.4 is 4.74 Å². The summed E-state index contributed by atoms with van der Waals surface area (Å²) in [6.45, 7) is 7.11. The number of rotatable bonds is 3. The van der Waals surface area contributed by atoms with Crippen LogP contribution in [0.4, 0.5) is 5.69 Å². The van der Waals surface area contributed by atoms with Gasteiger partial charge in [0, 0.05) is 12.0 Å². The van der Waals surface area contributed by atoms with Crippen molar-refractivity contribution in [1.29, 1.82) is 0 Å². The number of hydrogen-bond acceptors (Lipinski definition) is 2. The Morgan fingerprint density at radius 2 is 1.90 bits per heavy atom. The van der Waals surface area contributed by atoms with E-state index in [0.717, 1.165) is 22.9 Å². The van der Waals surface area contributed by atoms with E-state index in [0.29, 0.717) is 11.6 Å². The highest BCUT2D eigenvalue weighted by atomic mass is 16.5. The largest absolute Gasteiger partial charge is 0.481 e. The molecule has 0 aliphatic rings. The molecular weight excluding hydrogens is 260 g/mol. The van der Waals surface area contributed by atoms with Crippen molar-refractivity contribution in [2.24, 2.45) is 0 Å². The molecule has 3 heteroatoms. The summed E-state index contributed by atoms with van der Waals surface area (Å²) in [5, 5.41) is 0.968. The number of fused-ring (bicyclic) bond motifs is 1. The van der Waals surface area contributed by atoms with Crippen molar-refractivity contribution in [3.63, 3.8) is 0 Å². The molecule has 102 valence electrons. The maximum atomic E-state index is 7.11. The summed E-state index contributed by atoms with van der Waals surface area (Å²) >= 11 is 0. The third kappa shape index (κ3) is 2.70. The molecule has 0 saturated heterocycles. The fourth-order valence-corrected chi connectivity index (χ4v) is 2.38. The maximum absolute atomic E-state index is 7.11. The average Bonchev–Trinajstić information content (AvgIpc) is 2.54. The van der Waals surface area contributed by atoms with Crippen LogP contribution in [0.25, 0.3) is 15.7 Å². The molecule has 21 heavy (non-hydrogen) atoms. The van der Waals surface area contributed by atoms with Gasteiger partial charge >= 0.3 is 0 Å². The fraction of sp³-hybridized carbons (Fsp3) is 0.111. The minimum absolute atomic E-state index is 0.625. The Balaban J connectivity index is 2.09. The van der Waals surface area contributed by atoms with Gasteiger partial charge in [-0.3, -0.25) is 0 Å². The summed E-state index contributed by atoms with van der Waals surface area (Å²) < 4.78 is 5.41. The first-order valence-electron chi connectivity index (χ1n) is 6.69. The molecule has 0 bridgehead atoms. The van der Waals surface area contributed by atoms with Gasteiger partial charge in [0.2, 0.25) is 5.88 Å². The van der Waals surface area contributed by atoms with Crippen LogP contribution in [-0.2, 0) is 6.42 Å². The van der Waals surface area contributed by atoms with Gasteiger partial charge in [0.25, 0.3) is 0 Å². The Morgan fingerprint density at radius 3 is 2.62 bits per heavy atom. The maximum Gasteiger partial charge on any atom is 0.217 e. The average molecular weight is 274 g/mol. The molecule has 0 aliphatic heterocycles. The molecule has 0 radical (unpaired) electrons. The predicted molar refractivity (Wildman–Crippen MR) is 83.8 cm³/mol. The summed E-state index contributed by atoms with van der Waals surface area (Å²) in [4.78, 5) is 8.01. The van der Waals surface area contributed by atoms with Crippen molar-refractivity contribution in [3.8, 4) is 5.88 Å². The Hall–Kier alpha value is -2.86. The van der Waals surface area contributed by atoms with Gasteiger partial charge in [-0.05, 0) is 29.1 Å². The molecule has 0 atom stereocenters. The highest BCUT2D eigenvalue weighted by molar-refractivity contribution is 5.84. The second-order valence-electron chi connectivity index (χ2n) is 4.81. The molecule has 2 aromatic carbocycles. The molecule has 0 spiro atoms. The number of hydrogen-bond donors (Lipinski definition) is 0. The highest BCUT2D eigenvalue weighted by Crippen LogP contribution is 2.27. The standard InChI is InChI=1S/C18H14N2O/c1-19-16-8-9-17-14(12-16)11-15(18(20-17)21-2)10-13-6-4-3-5-7-13/h3-9,11-12H,10H2,2H3. The molecule has 0 unspecified atom stereocenters. The summed E-state index contributed by atoms with van der Waals surface area (Å²) in [6.07, 6.45) is 0.759. The van der Waals surface area contributed by atoms with E-state index in [9.17, 15) is 0 Å². The molecule has 3 aromatic rings. The molecule has 1 heterocycles. The summed E-state index contributed by atoms with van der Waals surface area (Å²) in [5.74, 6) is 0.641. The van der Waals surface area contributed by atoms with Crippen LogP contribution in [-0.4, -0.2) is 12.1 Å². The normalized spacial score (nSPS) is 10.3. The number of ether oxygens (including phenoxy) is 1. The molecule has 0 amide bonds. The van der Waals surface area contributed by atoms with E-state index in [4.69, 9.17) is 11.3 Å². The van der Waals surface area contributed by atoms with Gasteiger partial charge in [-0.1, -0.05) is 36.4 Å². The van der Waals surface area contributed by atoms with E-state index >= 15 is 0 Å². The van der Waals surface area contributed by atoms with E-state index in [2.05, 4.69) is 28.0 Å². The van der Waals surface area contributed by atoms with E-state index in [1.54, 1.807) is 13.2 Å². The zero-order chi connectivity index (χ0) is 14.7. The molecular formula is C18H14N2O. The zero-order valence-corrected chi connectivity index (χ0v) is 11.7. The van der Waals surface area contributed by atoms with Crippen LogP contribution in [0.15, 0.2) is 54.6 Å². The van der Waals surface area contributed by atoms with Crippen LogP contribution in [0, 0.1) is 6.57 Å². The first kappa shape index (κ1) is 13.1. The van der Waals surface area contributed by atoms with Crippen LogP contribution in [0.3, 0.4) is 0 Å². The summed E-state index contributed by atoms with van der Waals surface area (Å²) in [7, 11) is 1.64. The second kappa shape index (κ2) is 5.64. The second-order valence-corrected chi connectivity index (χ2v) is 4.81. The number of pyridine rings is 1. The molecule has 3 rings (SSSR count). The Kier molecular flexibility index (Phi) is 3.53. The lowest BCUT2D eigenvalue weighted by molar-refractivity contribution is 0.395. The minimum atomic E-state index is 0.625. The molecule has 0 fully saturated rings. The van der Waals surface area contributed by atoms with Crippen molar-refractivity contribution in [3.05, 3.63) is 77.1 Å². The van der Waals surface area contributed by atoms with E-state index in [1.165, 1.54) is 5.56 Å². The molecule has 3 nitrogen and oxygen atoms in total. The van der Waals surface area contributed by atoms with Crippen LogP contribution in [0.1, 0.15) is 11.1 Å². The monoisotopic (exact) mass is 274 g/mol. The quantitative estimate of drug-likeness (QED) is 0.662. The Bertz CT molecular complexity index is 820. The highest BCUT2D eigenvalue weighted by Gasteiger charge is 2.08. The van der Waals surface area contributed by atoms with Gasteiger partial charge < -0.3 is 4.74 Å². The van der Waals surface area contributed by atoms with Crippen molar-refractivity contribution in [1.82, 2.24) is 4.98 Å². The van der Waals surface area contributed by atoms with Crippen molar-refractivity contribution in [2.75, 3.05) is 7.11 Å². The number of aromatic nitrogens is 1. The third-order valence-electron chi connectivity index (χ3n) is 3.40. The van der Waals surface area contributed by atoms with Crippen LogP contribution in [0.5, 0.6) is 5.88 Å². The fourth-order valence-electron chi connectivity index (χ4n) is 2.38. The van der Waals surface area contributed by atoms with Crippen molar-refractivity contribution < 1.29 is 4.74 Å². The lowest BCUT2D eigenvalue weighted by Gasteiger charge is -2.10. The van der Waals surface area contributed by atoms with Gasteiger partial charge in [-0.2, -0.15) is 0 Å². The van der Waals surface area contributed by atoms with E-state index < -0.39 is 0 Å². The predicted octanol–water partition coefficient (Wildman–Crippen LogP) is 4.38. The summed E-state index contributed by atoms with van der Waals surface area (Å²) in [6, 6.07) is 17.8. The topological polar surface area (TPSA) is 26.5 Å². The van der Waals surface area contributed by atoms with Crippen LogP contribution >= 0.6 is 0 Å². The molecule has 0 aliphatic carbocycles. The van der Waals surface area contributed by atoms with Gasteiger partial charge in [-0.15, -0.1) is 0 Å². The number of benzene rings is 2. The molecule has 0 N–H and O–H groups in total. The minimum Gasteiger partial charge on any atom is -0.481 e. The summed E-state index contributed by atoms with van der Waals surface area (Å²) in [5.41, 5.74) is 3.70. The van der Waals surface area contributed by atoms with Gasteiger partial charge in [0.1, 0.15) is 0 Å². The Labute approximate surface area is 123 Å². The lowest BCUT2D eigenvalue weighted by atomic mass is 10.0. The molecule has 1 aromatic heterocycles. The first-order chi connectivity index (χ1) is 10.3. The lowest BCUT2D eigenvalue weighted by Crippen LogP contribution is -1.97. The SMILES string of the molecule is [C-]#[N+]c1ccc2nc(OC)c(Cc3ccccc3)cc2c1. The van der Waals surface area contributed by atoms with Gasteiger partial charge in [0.05, 0.1) is 19.2 Å².